The maximum atomic E-state index is 12.4. The molecule has 4 aromatic rings. The van der Waals surface area contributed by atoms with E-state index in [1.165, 1.54) is 0 Å². The number of halogens is 1. The number of benzene rings is 3. The minimum absolute atomic E-state index is 0.0990. The molecule has 0 unspecified atom stereocenters. The van der Waals surface area contributed by atoms with Crippen molar-refractivity contribution in [3.05, 3.63) is 89.3 Å². The summed E-state index contributed by atoms with van der Waals surface area (Å²) in [5, 5.41) is 11.5. The van der Waals surface area contributed by atoms with Crippen LogP contribution in [-0.2, 0) is 17.8 Å². The van der Waals surface area contributed by atoms with Gasteiger partial charge in [-0.15, -0.1) is 10.2 Å². The molecule has 8 heteroatoms. The number of amides is 1. The smallest absolute Gasteiger partial charge is 0.254 e. The van der Waals surface area contributed by atoms with Gasteiger partial charge in [0.15, 0.2) is 6.61 Å². The fourth-order valence-electron chi connectivity index (χ4n) is 3.00. The average molecular weight is 450 g/mol. The van der Waals surface area contributed by atoms with Crippen molar-refractivity contribution in [2.24, 2.45) is 0 Å². The zero-order chi connectivity index (χ0) is 22.3. The Balaban J connectivity index is 1.34. The molecule has 1 heterocycles. The van der Waals surface area contributed by atoms with Gasteiger partial charge in [-0.25, -0.2) is 0 Å². The molecule has 0 aliphatic carbocycles. The molecule has 1 aromatic heterocycles. The van der Waals surface area contributed by atoms with Crippen molar-refractivity contribution < 1.29 is 18.7 Å². The Labute approximate surface area is 190 Å². The first-order valence-corrected chi connectivity index (χ1v) is 10.2. The van der Waals surface area contributed by atoms with E-state index >= 15 is 0 Å². The lowest BCUT2D eigenvalue weighted by atomic mass is 10.1. The van der Waals surface area contributed by atoms with Gasteiger partial charge in [0, 0.05) is 22.3 Å². The maximum Gasteiger partial charge on any atom is 0.254 e. The molecule has 0 saturated heterocycles. The summed E-state index contributed by atoms with van der Waals surface area (Å²) in [6, 6.07) is 21.6. The van der Waals surface area contributed by atoms with Crippen LogP contribution in [0, 0.1) is 0 Å². The van der Waals surface area contributed by atoms with Crippen LogP contribution >= 0.6 is 11.6 Å². The molecular formula is C24H20ClN3O4. The number of ether oxygens (including phenoxy) is 2. The number of rotatable bonds is 8. The van der Waals surface area contributed by atoms with Crippen molar-refractivity contribution in [3.63, 3.8) is 0 Å². The molecule has 3 aromatic carbocycles. The van der Waals surface area contributed by atoms with Crippen LogP contribution in [0.25, 0.3) is 11.5 Å². The highest BCUT2D eigenvalue weighted by atomic mass is 35.5. The topological polar surface area (TPSA) is 86.5 Å². The van der Waals surface area contributed by atoms with Crippen LogP contribution in [-0.4, -0.2) is 23.2 Å². The molecule has 0 spiro atoms. The number of carbonyl (C=O) groups excluding carboxylic acids is 1. The fourth-order valence-corrected chi connectivity index (χ4v) is 3.13. The highest BCUT2D eigenvalue weighted by Gasteiger charge is 2.10. The molecule has 0 fully saturated rings. The molecule has 1 amide bonds. The number of hydrogen-bond donors (Lipinski definition) is 1. The van der Waals surface area contributed by atoms with Gasteiger partial charge < -0.3 is 19.2 Å². The minimum atomic E-state index is -0.139. The number of aromatic nitrogens is 2. The maximum absolute atomic E-state index is 12.4. The molecular weight excluding hydrogens is 430 g/mol. The third kappa shape index (κ3) is 5.65. The van der Waals surface area contributed by atoms with Gasteiger partial charge in [0.2, 0.25) is 11.8 Å². The summed E-state index contributed by atoms with van der Waals surface area (Å²) < 4.78 is 16.6. The average Bonchev–Trinajstić information content (AvgIpc) is 3.27. The van der Waals surface area contributed by atoms with E-state index in [0.29, 0.717) is 34.0 Å². The lowest BCUT2D eigenvalue weighted by Crippen LogP contribution is -2.14. The van der Waals surface area contributed by atoms with E-state index in [9.17, 15) is 4.79 Å². The molecule has 0 bridgehead atoms. The molecule has 0 aliphatic rings. The minimum Gasteiger partial charge on any atom is -0.497 e. The molecule has 0 radical (unpaired) electrons. The molecule has 0 atom stereocenters. The summed E-state index contributed by atoms with van der Waals surface area (Å²) in [5.41, 5.74) is 2.26. The zero-order valence-electron chi connectivity index (χ0n) is 17.2. The van der Waals surface area contributed by atoms with Gasteiger partial charge in [0.25, 0.3) is 5.89 Å². The zero-order valence-corrected chi connectivity index (χ0v) is 18.0. The van der Waals surface area contributed by atoms with Crippen LogP contribution in [0.15, 0.2) is 77.2 Å². The number of carbonyl (C=O) groups is 1. The Kier molecular flexibility index (Phi) is 6.67. The summed E-state index contributed by atoms with van der Waals surface area (Å²) in [7, 11) is 1.59. The molecule has 32 heavy (non-hydrogen) atoms. The van der Waals surface area contributed by atoms with Crippen molar-refractivity contribution in [1.82, 2.24) is 10.2 Å². The van der Waals surface area contributed by atoms with Crippen molar-refractivity contribution in [2.75, 3.05) is 12.4 Å². The van der Waals surface area contributed by atoms with Gasteiger partial charge in [-0.05, 0) is 54.1 Å². The van der Waals surface area contributed by atoms with E-state index in [4.69, 9.17) is 25.5 Å². The number of methoxy groups -OCH3 is 1. The van der Waals surface area contributed by atoms with Crippen molar-refractivity contribution in [3.8, 4) is 23.0 Å². The summed E-state index contributed by atoms with van der Waals surface area (Å²) in [4.78, 5) is 12.4. The standard InChI is InChI=1S/C24H20ClN3O4/c1-30-20-6-2-4-16(12-20)13-22(29)26-19-5-3-7-21(14-19)31-15-23-27-28-24(32-23)17-8-10-18(25)11-9-17/h2-12,14H,13,15H2,1H3,(H,26,29). The second-order valence-electron chi connectivity index (χ2n) is 6.90. The van der Waals surface area contributed by atoms with Gasteiger partial charge in [-0.2, -0.15) is 0 Å². The Morgan fingerprint density at radius 1 is 1.00 bits per heavy atom. The third-order valence-electron chi connectivity index (χ3n) is 4.54. The lowest BCUT2D eigenvalue weighted by molar-refractivity contribution is -0.115. The first-order chi connectivity index (χ1) is 15.6. The normalized spacial score (nSPS) is 10.6. The summed E-state index contributed by atoms with van der Waals surface area (Å²) in [5.74, 6) is 1.86. The van der Waals surface area contributed by atoms with Crippen molar-refractivity contribution in [1.29, 1.82) is 0 Å². The SMILES string of the molecule is COc1cccc(CC(=O)Nc2cccc(OCc3nnc(-c4ccc(Cl)cc4)o3)c2)c1. The second-order valence-corrected chi connectivity index (χ2v) is 7.34. The number of anilines is 1. The molecule has 162 valence electrons. The van der Waals surface area contributed by atoms with Crippen LogP contribution in [0.2, 0.25) is 5.02 Å². The van der Waals surface area contributed by atoms with E-state index in [0.717, 1.165) is 11.1 Å². The molecule has 7 nitrogen and oxygen atoms in total. The fraction of sp³-hybridized carbons (Fsp3) is 0.125. The summed E-state index contributed by atoms with van der Waals surface area (Å²) >= 11 is 5.90. The predicted molar refractivity (Wildman–Crippen MR) is 121 cm³/mol. The molecule has 1 N–H and O–H groups in total. The van der Waals surface area contributed by atoms with Gasteiger partial charge in [-0.1, -0.05) is 29.8 Å². The highest BCUT2D eigenvalue weighted by Crippen LogP contribution is 2.22. The Morgan fingerprint density at radius 2 is 1.78 bits per heavy atom. The number of nitrogens with one attached hydrogen (secondary N) is 1. The number of nitrogens with zero attached hydrogens (tertiary/aromatic N) is 2. The summed E-state index contributed by atoms with van der Waals surface area (Å²) in [6.07, 6.45) is 0.234. The van der Waals surface area contributed by atoms with E-state index in [1.54, 1.807) is 55.6 Å². The Hall–Kier alpha value is -3.84. The van der Waals surface area contributed by atoms with Crippen LogP contribution in [0.1, 0.15) is 11.5 Å². The quantitative estimate of drug-likeness (QED) is 0.400. The van der Waals surface area contributed by atoms with Crippen LogP contribution in [0.3, 0.4) is 0 Å². The van der Waals surface area contributed by atoms with Gasteiger partial charge in [0.1, 0.15) is 11.5 Å². The van der Waals surface area contributed by atoms with E-state index < -0.39 is 0 Å². The third-order valence-corrected chi connectivity index (χ3v) is 4.79. The van der Waals surface area contributed by atoms with E-state index in [1.807, 2.05) is 24.3 Å². The highest BCUT2D eigenvalue weighted by molar-refractivity contribution is 6.30. The first-order valence-electron chi connectivity index (χ1n) is 9.83. The predicted octanol–water partition coefficient (Wildman–Crippen LogP) is 5.16. The number of hydrogen-bond acceptors (Lipinski definition) is 6. The first kappa shape index (κ1) is 21.4. The summed E-state index contributed by atoms with van der Waals surface area (Å²) in [6.45, 7) is 0.0990. The second kappa shape index (κ2) is 9.98. The van der Waals surface area contributed by atoms with Crippen LogP contribution in [0.4, 0.5) is 5.69 Å². The van der Waals surface area contributed by atoms with E-state index in [2.05, 4.69) is 15.5 Å². The Morgan fingerprint density at radius 3 is 2.59 bits per heavy atom. The molecule has 0 saturated carbocycles. The van der Waals surface area contributed by atoms with Crippen molar-refractivity contribution >= 4 is 23.2 Å². The van der Waals surface area contributed by atoms with Crippen molar-refractivity contribution in [2.45, 2.75) is 13.0 Å². The van der Waals surface area contributed by atoms with Gasteiger partial charge in [0.05, 0.1) is 13.5 Å². The lowest BCUT2D eigenvalue weighted by Gasteiger charge is -2.09. The Bertz CT molecular complexity index is 1210. The van der Waals surface area contributed by atoms with Crippen LogP contribution in [0.5, 0.6) is 11.5 Å². The van der Waals surface area contributed by atoms with Gasteiger partial charge >= 0.3 is 0 Å². The molecule has 0 aliphatic heterocycles. The largest absolute Gasteiger partial charge is 0.497 e. The van der Waals surface area contributed by atoms with E-state index in [-0.39, 0.29) is 18.9 Å². The molecule has 4 rings (SSSR count). The van der Waals surface area contributed by atoms with Gasteiger partial charge in [-0.3, -0.25) is 4.79 Å². The van der Waals surface area contributed by atoms with Crippen LogP contribution < -0.4 is 14.8 Å². The monoisotopic (exact) mass is 449 g/mol.